The Labute approximate surface area is 163 Å². The third-order valence-corrected chi connectivity index (χ3v) is 5.89. The lowest BCUT2D eigenvalue weighted by Gasteiger charge is -2.24. The van der Waals surface area contributed by atoms with Crippen LogP contribution in [-0.2, 0) is 17.8 Å². The van der Waals surface area contributed by atoms with E-state index >= 15 is 0 Å². The number of thiazole rings is 1. The van der Waals surface area contributed by atoms with Crippen LogP contribution in [-0.4, -0.2) is 33.4 Å². The second-order valence-corrected chi connectivity index (χ2v) is 8.09. The zero-order valence-corrected chi connectivity index (χ0v) is 16.1. The standard InChI is InChI=1S/C18H16N4O3S2/c1-11-9-14(21-25-11)17(24)20-18-19-13-6-7-22(10-15(13)27-18)16(23)5-4-12-3-2-8-26-12/h2-5,8-9H,6-7,10H2,1H3,(H,19,20,24)/b5-4+. The first-order valence-electron chi connectivity index (χ1n) is 8.32. The minimum absolute atomic E-state index is 0.0221. The molecule has 0 unspecified atom stereocenters. The molecule has 0 fully saturated rings. The van der Waals surface area contributed by atoms with E-state index in [2.05, 4.69) is 15.5 Å². The summed E-state index contributed by atoms with van der Waals surface area (Å²) in [5.41, 5.74) is 1.15. The topological polar surface area (TPSA) is 88.3 Å². The number of nitrogens with zero attached hydrogens (tertiary/aromatic N) is 3. The van der Waals surface area contributed by atoms with Gasteiger partial charge < -0.3 is 9.42 Å². The highest BCUT2D eigenvalue weighted by Gasteiger charge is 2.24. The van der Waals surface area contributed by atoms with Gasteiger partial charge in [-0.05, 0) is 24.4 Å². The maximum absolute atomic E-state index is 12.4. The number of carbonyl (C=O) groups is 2. The van der Waals surface area contributed by atoms with E-state index in [4.69, 9.17) is 4.52 Å². The number of aryl methyl sites for hydroxylation is 1. The van der Waals surface area contributed by atoms with Crippen molar-refractivity contribution in [3.05, 3.63) is 56.6 Å². The minimum atomic E-state index is -0.357. The van der Waals surface area contributed by atoms with Crippen LogP contribution in [0.25, 0.3) is 6.08 Å². The van der Waals surface area contributed by atoms with Crippen LogP contribution in [0.5, 0.6) is 0 Å². The molecule has 0 radical (unpaired) electrons. The van der Waals surface area contributed by atoms with Crippen LogP contribution in [0.4, 0.5) is 5.13 Å². The van der Waals surface area contributed by atoms with Gasteiger partial charge in [-0.25, -0.2) is 4.98 Å². The van der Waals surface area contributed by atoms with Crippen LogP contribution in [0.2, 0.25) is 0 Å². The summed E-state index contributed by atoms with van der Waals surface area (Å²) in [5, 5.41) is 8.93. The number of anilines is 1. The second kappa shape index (κ2) is 7.45. The predicted molar refractivity (Wildman–Crippen MR) is 104 cm³/mol. The quantitative estimate of drug-likeness (QED) is 0.679. The Morgan fingerprint density at radius 3 is 3.04 bits per heavy atom. The lowest BCUT2D eigenvalue weighted by Crippen LogP contribution is -2.34. The lowest BCUT2D eigenvalue weighted by molar-refractivity contribution is -0.126. The van der Waals surface area contributed by atoms with Gasteiger partial charge in [0.2, 0.25) is 5.91 Å². The molecule has 0 aromatic carbocycles. The number of hydrogen-bond donors (Lipinski definition) is 1. The van der Waals surface area contributed by atoms with E-state index in [1.165, 1.54) is 11.3 Å². The van der Waals surface area contributed by atoms with E-state index in [1.807, 2.05) is 23.6 Å². The van der Waals surface area contributed by atoms with E-state index < -0.39 is 0 Å². The first kappa shape index (κ1) is 17.6. The Balaban J connectivity index is 1.41. The molecule has 7 nitrogen and oxygen atoms in total. The van der Waals surface area contributed by atoms with Crippen LogP contribution >= 0.6 is 22.7 Å². The molecule has 9 heteroatoms. The fraction of sp³-hybridized carbons (Fsp3) is 0.222. The van der Waals surface area contributed by atoms with Gasteiger partial charge in [0.1, 0.15) is 5.76 Å². The summed E-state index contributed by atoms with van der Waals surface area (Å²) in [7, 11) is 0. The monoisotopic (exact) mass is 400 g/mol. The van der Waals surface area contributed by atoms with Gasteiger partial charge in [0, 0.05) is 34.9 Å². The minimum Gasteiger partial charge on any atom is -0.361 e. The van der Waals surface area contributed by atoms with E-state index in [-0.39, 0.29) is 17.5 Å². The summed E-state index contributed by atoms with van der Waals surface area (Å²) >= 11 is 2.98. The van der Waals surface area contributed by atoms with Crippen LogP contribution in [0.1, 0.15) is 31.7 Å². The first-order chi connectivity index (χ1) is 13.1. The summed E-state index contributed by atoms with van der Waals surface area (Å²) in [5.74, 6) is 0.194. The average Bonchev–Trinajstić information content (AvgIpc) is 3.39. The fourth-order valence-electron chi connectivity index (χ4n) is 2.72. The van der Waals surface area contributed by atoms with Crippen LogP contribution < -0.4 is 5.32 Å². The van der Waals surface area contributed by atoms with Gasteiger partial charge in [0.05, 0.1) is 12.2 Å². The van der Waals surface area contributed by atoms with E-state index in [1.54, 1.807) is 35.3 Å². The van der Waals surface area contributed by atoms with Crippen molar-refractivity contribution in [3.8, 4) is 0 Å². The molecule has 4 rings (SSSR count). The number of amides is 2. The largest absolute Gasteiger partial charge is 0.361 e. The highest BCUT2D eigenvalue weighted by Crippen LogP contribution is 2.29. The molecule has 4 heterocycles. The first-order valence-corrected chi connectivity index (χ1v) is 10.0. The van der Waals surface area contributed by atoms with Crippen molar-refractivity contribution < 1.29 is 14.1 Å². The van der Waals surface area contributed by atoms with Gasteiger partial charge in [-0.3, -0.25) is 14.9 Å². The van der Waals surface area contributed by atoms with Gasteiger partial charge in [0.25, 0.3) is 5.91 Å². The zero-order valence-electron chi connectivity index (χ0n) is 14.5. The van der Waals surface area contributed by atoms with Crippen LogP contribution in [0.15, 0.2) is 34.2 Å². The van der Waals surface area contributed by atoms with Crippen molar-refractivity contribution in [2.45, 2.75) is 19.9 Å². The zero-order chi connectivity index (χ0) is 18.8. The summed E-state index contributed by atoms with van der Waals surface area (Å²) < 4.78 is 4.92. The van der Waals surface area contributed by atoms with E-state index in [0.717, 1.165) is 15.4 Å². The molecule has 27 heavy (non-hydrogen) atoms. The van der Waals surface area contributed by atoms with Crippen molar-refractivity contribution in [2.75, 3.05) is 11.9 Å². The fourth-order valence-corrected chi connectivity index (χ4v) is 4.35. The van der Waals surface area contributed by atoms with Gasteiger partial charge in [0.15, 0.2) is 10.8 Å². The molecule has 3 aromatic rings. The second-order valence-electron chi connectivity index (χ2n) is 6.02. The Kier molecular flexibility index (Phi) is 4.87. The Hall–Kier alpha value is -2.78. The van der Waals surface area contributed by atoms with Crippen molar-refractivity contribution in [2.24, 2.45) is 0 Å². The average molecular weight is 400 g/mol. The molecule has 0 aliphatic carbocycles. The number of thiophene rings is 1. The van der Waals surface area contributed by atoms with Gasteiger partial charge in [-0.1, -0.05) is 22.6 Å². The number of rotatable bonds is 4. The molecule has 0 bridgehead atoms. The third-order valence-electron chi connectivity index (χ3n) is 4.06. The molecule has 3 aromatic heterocycles. The molecule has 2 amide bonds. The van der Waals surface area contributed by atoms with Gasteiger partial charge in [-0.2, -0.15) is 0 Å². The molecule has 0 atom stereocenters. The number of nitrogens with one attached hydrogen (secondary N) is 1. The Morgan fingerprint density at radius 2 is 2.30 bits per heavy atom. The highest BCUT2D eigenvalue weighted by molar-refractivity contribution is 7.15. The van der Waals surface area contributed by atoms with E-state index in [0.29, 0.717) is 30.4 Å². The molecule has 0 saturated carbocycles. The number of aromatic nitrogens is 2. The summed E-state index contributed by atoms with van der Waals surface area (Å²) in [6, 6.07) is 5.50. The predicted octanol–water partition coefficient (Wildman–Crippen LogP) is 3.35. The molecular weight excluding hydrogens is 384 g/mol. The molecule has 0 saturated heterocycles. The van der Waals surface area contributed by atoms with Crippen molar-refractivity contribution >= 4 is 45.7 Å². The summed E-state index contributed by atoms with van der Waals surface area (Å²) in [6.07, 6.45) is 4.11. The Morgan fingerprint density at radius 1 is 1.41 bits per heavy atom. The third kappa shape index (κ3) is 3.99. The Bertz CT molecular complexity index is 1000. The maximum atomic E-state index is 12.4. The number of fused-ring (bicyclic) bond motifs is 1. The van der Waals surface area contributed by atoms with Crippen molar-refractivity contribution in [1.29, 1.82) is 0 Å². The number of hydrogen-bond acceptors (Lipinski definition) is 7. The van der Waals surface area contributed by atoms with Gasteiger partial charge in [-0.15, -0.1) is 11.3 Å². The molecule has 0 spiro atoms. The molecule has 1 aliphatic rings. The highest BCUT2D eigenvalue weighted by atomic mass is 32.1. The molecule has 1 aliphatic heterocycles. The number of carbonyl (C=O) groups excluding carboxylic acids is 2. The maximum Gasteiger partial charge on any atom is 0.279 e. The normalized spacial score (nSPS) is 13.7. The molecule has 138 valence electrons. The van der Waals surface area contributed by atoms with Crippen molar-refractivity contribution in [1.82, 2.24) is 15.0 Å². The van der Waals surface area contributed by atoms with Gasteiger partial charge >= 0.3 is 0 Å². The molecule has 1 N–H and O–H groups in total. The summed E-state index contributed by atoms with van der Waals surface area (Å²) in [4.78, 5) is 32.9. The molecular formula is C18H16N4O3S2. The lowest BCUT2D eigenvalue weighted by atomic mass is 10.2. The van der Waals surface area contributed by atoms with Crippen LogP contribution in [0.3, 0.4) is 0 Å². The summed E-state index contributed by atoms with van der Waals surface area (Å²) in [6.45, 7) is 2.84. The van der Waals surface area contributed by atoms with Crippen molar-refractivity contribution in [3.63, 3.8) is 0 Å². The van der Waals surface area contributed by atoms with E-state index in [9.17, 15) is 9.59 Å². The SMILES string of the molecule is Cc1cc(C(=O)Nc2nc3c(s2)CN(C(=O)/C=C/c2cccs2)CC3)no1. The smallest absolute Gasteiger partial charge is 0.279 e. The van der Waals surface area contributed by atoms with Crippen LogP contribution in [0, 0.1) is 6.92 Å².